The normalized spacial score (nSPS) is 14.4. The summed E-state index contributed by atoms with van der Waals surface area (Å²) in [5.41, 5.74) is 3.50. The molecule has 1 saturated heterocycles. The van der Waals surface area contributed by atoms with Crippen LogP contribution in [-0.4, -0.2) is 52.3 Å². The summed E-state index contributed by atoms with van der Waals surface area (Å²) in [7, 11) is 0. The zero-order valence-corrected chi connectivity index (χ0v) is 15.4. The summed E-state index contributed by atoms with van der Waals surface area (Å²) in [6.45, 7) is 6.50. The van der Waals surface area contributed by atoms with Crippen molar-refractivity contribution < 1.29 is 9.32 Å². The van der Waals surface area contributed by atoms with Crippen LogP contribution in [0, 0.1) is 13.8 Å². The largest absolute Gasteiger partial charge is 0.361 e. The number of hydrogen-bond acceptors (Lipinski definition) is 6. The van der Waals surface area contributed by atoms with Gasteiger partial charge in [-0.1, -0.05) is 29.4 Å². The maximum absolute atomic E-state index is 12.4. The van der Waals surface area contributed by atoms with Gasteiger partial charge in [-0.2, -0.15) is 0 Å². The second-order valence-electron chi connectivity index (χ2n) is 6.69. The number of aryl methyl sites for hydroxylation is 2. The van der Waals surface area contributed by atoms with E-state index in [0.29, 0.717) is 37.6 Å². The molecule has 138 valence electrons. The molecule has 1 aliphatic rings. The van der Waals surface area contributed by atoms with Crippen LogP contribution in [0.1, 0.15) is 21.8 Å². The van der Waals surface area contributed by atoms with E-state index in [1.54, 1.807) is 17.9 Å². The van der Waals surface area contributed by atoms with Crippen LogP contribution in [0.2, 0.25) is 0 Å². The van der Waals surface area contributed by atoms with Gasteiger partial charge in [0.1, 0.15) is 5.76 Å². The monoisotopic (exact) mass is 363 g/mol. The molecule has 1 aliphatic heterocycles. The molecule has 0 saturated carbocycles. The minimum atomic E-state index is -0.0903. The Labute approximate surface area is 157 Å². The van der Waals surface area contributed by atoms with Crippen LogP contribution >= 0.6 is 0 Å². The van der Waals surface area contributed by atoms with Crippen molar-refractivity contribution in [1.29, 1.82) is 0 Å². The fourth-order valence-electron chi connectivity index (χ4n) is 3.27. The highest BCUT2D eigenvalue weighted by molar-refractivity contribution is 5.92. The minimum Gasteiger partial charge on any atom is -0.361 e. The van der Waals surface area contributed by atoms with Crippen molar-refractivity contribution in [3.63, 3.8) is 0 Å². The quantitative estimate of drug-likeness (QED) is 0.712. The highest BCUT2D eigenvalue weighted by Gasteiger charge is 2.25. The molecule has 1 fully saturated rings. The van der Waals surface area contributed by atoms with Gasteiger partial charge in [-0.25, -0.2) is 0 Å². The number of nitrogens with zero attached hydrogens (tertiary/aromatic N) is 5. The van der Waals surface area contributed by atoms with Crippen LogP contribution in [0.15, 0.2) is 47.0 Å². The van der Waals surface area contributed by atoms with E-state index in [-0.39, 0.29) is 5.91 Å². The van der Waals surface area contributed by atoms with Crippen molar-refractivity contribution in [2.45, 2.75) is 13.8 Å². The number of piperazine rings is 1. The van der Waals surface area contributed by atoms with Crippen molar-refractivity contribution in [3.05, 3.63) is 59.5 Å². The summed E-state index contributed by atoms with van der Waals surface area (Å²) >= 11 is 0. The molecule has 1 amide bonds. The van der Waals surface area contributed by atoms with Gasteiger partial charge < -0.3 is 14.3 Å². The molecule has 4 rings (SSSR count). The lowest BCUT2D eigenvalue weighted by Gasteiger charge is -2.34. The number of carbonyl (C=O) groups is 1. The van der Waals surface area contributed by atoms with Gasteiger partial charge >= 0.3 is 0 Å². The van der Waals surface area contributed by atoms with E-state index < -0.39 is 0 Å². The SMILES string of the molecule is Cc1cc(C(=O)N2CCN(c3ccc(-c4ccccc4C)nn3)CC2)no1. The lowest BCUT2D eigenvalue weighted by atomic mass is 10.1. The summed E-state index contributed by atoms with van der Waals surface area (Å²) in [5.74, 6) is 1.38. The number of rotatable bonds is 3. The van der Waals surface area contributed by atoms with Gasteiger partial charge in [0.25, 0.3) is 5.91 Å². The number of benzene rings is 1. The number of aromatic nitrogens is 3. The van der Waals surface area contributed by atoms with Gasteiger partial charge in [0.15, 0.2) is 11.5 Å². The maximum Gasteiger partial charge on any atom is 0.276 e. The summed E-state index contributed by atoms with van der Waals surface area (Å²) in [6, 6.07) is 13.8. The summed E-state index contributed by atoms with van der Waals surface area (Å²) < 4.78 is 5.00. The van der Waals surface area contributed by atoms with E-state index in [0.717, 1.165) is 17.1 Å². The summed E-state index contributed by atoms with van der Waals surface area (Å²) in [4.78, 5) is 16.4. The Morgan fingerprint density at radius 2 is 1.78 bits per heavy atom. The van der Waals surface area contributed by atoms with E-state index in [9.17, 15) is 4.79 Å². The van der Waals surface area contributed by atoms with Crippen LogP contribution in [0.5, 0.6) is 0 Å². The molecule has 7 nitrogen and oxygen atoms in total. The Kier molecular flexibility index (Phi) is 4.58. The van der Waals surface area contributed by atoms with Crippen molar-refractivity contribution in [2.24, 2.45) is 0 Å². The van der Waals surface area contributed by atoms with Gasteiger partial charge in [0, 0.05) is 37.8 Å². The standard InChI is InChI=1S/C20H21N5O2/c1-14-5-3-4-6-16(14)17-7-8-19(22-21-17)24-9-11-25(12-10-24)20(26)18-13-15(2)27-23-18/h3-8,13H,9-12H2,1-2H3. The zero-order chi connectivity index (χ0) is 18.8. The van der Waals surface area contributed by atoms with E-state index in [1.165, 1.54) is 5.56 Å². The Morgan fingerprint density at radius 1 is 1.00 bits per heavy atom. The lowest BCUT2D eigenvalue weighted by Crippen LogP contribution is -2.49. The Balaban J connectivity index is 1.41. The molecule has 0 aliphatic carbocycles. The fourth-order valence-corrected chi connectivity index (χ4v) is 3.27. The highest BCUT2D eigenvalue weighted by atomic mass is 16.5. The first-order valence-corrected chi connectivity index (χ1v) is 8.99. The first-order valence-electron chi connectivity index (χ1n) is 8.99. The molecule has 3 aromatic rings. The molecular formula is C20H21N5O2. The third-order valence-corrected chi connectivity index (χ3v) is 4.81. The van der Waals surface area contributed by atoms with Crippen LogP contribution in [0.3, 0.4) is 0 Å². The van der Waals surface area contributed by atoms with E-state index in [2.05, 4.69) is 39.3 Å². The van der Waals surface area contributed by atoms with E-state index in [4.69, 9.17) is 4.52 Å². The first kappa shape index (κ1) is 17.2. The molecule has 1 aromatic carbocycles. The second-order valence-corrected chi connectivity index (χ2v) is 6.69. The number of amides is 1. The second kappa shape index (κ2) is 7.19. The van der Waals surface area contributed by atoms with Crippen LogP contribution in [0.25, 0.3) is 11.3 Å². The Bertz CT molecular complexity index is 943. The minimum absolute atomic E-state index is 0.0903. The number of hydrogen-bond donors (Lipinski definition) is 0. The molecule has 0 bridgehead atoms. The van der Waals surface area contributed by atoms with Gasteiger partial charge in [0.2, 0.25) is 0 Å². The van der Waals surface area contributed by atoms with Crippen molar-refractivity contribution in [3.8, 4) is 11.3 Å². The molecule has 2 aromatic heterocycles. The molecule has 0 N–H and O–H groups in total. The Hall–Kier alpha value is -3.22. The molecule has 0 radical (unpaired) electrons. The average Bonchev–Trinajstić information content (AvgIpc) is 3.14. The predicted octanol–water partition coefficient (Wildman–Crippen LogP) is 2.71. The topological polar surface area (TPSA) is 75.4 Å². The lowest BCUT2D eigenvalue weighted by molar-refractivity contribution is 0.0736. The first-order chi connectivity index (χ1) is 13.1. The summed E-state index contributed by atoms with van der Waals surface area (Å²) in [5, 5.41) is 12.6. The van der Waals surface area contributed by atoms with Crippen molar-refractivity contribution >= 4 is 11.7 Å². The molecule has 3 heterocycles. The van der Waals surface area contributed by atoms with Crippen LogP contribution in [-0.2, 0) is 0 Å². The predicted molar refractivity (Wildman–Crippen MR) is 102 cm³/mol. The number of carbonyl (C=O) groups excluding carboxylic acids is 1. The molecule has 0 spiro atoms. The fraction of sp³-hybridized carbons (Fsp3) is 0.300. The zero-order valence-electron chi connectivity index (χ0n) is 15.4. The molecular weight excluding hydrogens is 342 g/mol. The molecule has 0 unspecified atom stereocenters. The van der Waals surface area contributed by atoms with Gasteiger partial charge in [-0.15, -0.1) is 10.2 Å². The van der Waals surface area contributed by atoms with Gasteiger partial charge in [-0.3, -0.25) is 4.79 Å². The molecule has 0 atom stereocenters. The smallest absolute Gasteiger partial charge is 0.276 e. The Morgan fingerprint density at radius 3 is 2.41 bits per heavy atom. The highest BCUT2D eigenvalue weighted by Crippen LogP contribution is 2.22. The van der Waals surface area contributed by atoms with Gasteiger partial charge in [0.05, 0.1) is 5.69 Å². The summed E-state index contributed by atoms with van der Waals surface area (Å²) in [6.07, 6.45) is 0. The average molecular weight is 363 g/mol. The van der Waals surface area contributed by atoms with Gasteiger partial charge in [-0.05, 0) is 31.5 Å². The third kappa shape index (κ3) is 3.53. The van der Waals surface area contributed by atoms with Crippen molar-refractivity contribution in [1.82, 2.24) is 20.3 Å². The van der Waals surface area contributed by atoms with E-state index >= 15 is 0 Å². The number of anilines is 1. The van der Waals surface area contributed by atoms with Crippen LogP contribution < -0.4 is 4.90 Å². The maximum atomic E-state index is 12.4. The third-order valence-electron chi connectivity index (χ3n) is 4.81. The van der Waals surface area contributed by atoms with Crippen LogP contribution in [0.4, 0.5) is 5.82 Å². The van der Waals surface area contributed by atoms with Crippen molar-refractivity contribution in [2.75, 3.05) is 31.1 Å². The van der Waals surface area contributed by atoms with E-state index in [1.807, 2.05) is 24.3 Å². The molecule has 27 heavy (non-hydrogen) atoms. The molecule has 7 heteroatoms.